The quantitative estimate of drug-likeness (QED) is 0.557. The first-order valence-electron chi connectivity index (χ1n) is 7.80. The first kappa shape index (κ1) is 15.0. The second-order valence-electron chi connectivity index (χ2n) is 5.94. The summed E-state index contributed by atoms with van der Waals surface area (Å²) in [6.07, 6.45) is 1.93. The van der Waals surface area contributed by atoms with E-state index in [1.807, 2.05) is 60.8 Å². The van der Waals surface area contributed by atoms with Gasteiger partial charge in [-0.15, -0.1) is 11.3 Å². The van der Waals surface area contributed by atoms with Gasteiger partial charge in [0.15, 0.2) is 5.78 Å². The monoisotopic (exact) mass is 334 g/mol. The highest BCUT2D eigenvalue weighted by molar-refractivity contribution is 7.11. The highest BCUT2D eigenvalue weighted by Gasteiger charge is 2.37. The summed E-state index contributed by atoms with van der Waals surface area (Å²) in [4.78, 5) is 14.0. The Balaban J connectivity index is 1.96. The summed E-state index contributed by atoms with van der Waals surface area (Å²) in [7, 11) is 0. The first-order valence-corrected chi connectivity index (χ1v) is 8.68. The van der Waals surface area contributed by atoms with Crippen molar-refractivity contribution >= 4 is 23.2 Å². The maximum Gasteiger partial charge on any atom is 0.193 e. The summed E-state index contributed by atoms with van der Waals surface area (Å²) in [6, 6.07) is 16.8. The van der Waals surface area contributed by atoms with Crippen LogP contribution in [0, 0.1) is 12.7 Å². The Bertz CT molecular complexity index is 953. The van der Waals surface area contributed by atoms with Gasteiger partial charge in [0.25, 0.3) is 0 Å². The fourth-order valence-electron chi connectivity index (χ4n) is 3.29. The molecule has 0 fully saturated rings. The molecule has 24 heavy (non-hydrogen) atoms. The van der Waals surface area contributed by atoms with Gasteiger partial charge in [0, 0.05) is 16.4 Å². The zero-order valence-electron chi connectivity index (χ0n) is 13.1. The number of fused-ring (bicyclic) bond motifs is 1. The van der Waals surface area contributed by atoms with E-state index in [4.69, 9.17) is 0 Å². The van der Waals surface area contributed by atoms with Gasteiger partial charge in [-0.2, -0.15) is 0 Å². The van der Waals surface area contributed by atoms with Crippen molar-refractivity contribution in [2.75, 3.05) is 0 Å². The lowest BCUT2D eigenvalue weighted by atomic mass is 9.89. The van der Waals surface area contributed by atoms with Crippen LogP contribution in [0.3, 0.4) is 0 Å². The SMILES string of the molecule is Cc1ccsc1/C=C1\C(=O)c2c(F)cccc2[C@@H]1c1ccccc1. The van der Waals surface area contributed by atoms with Crippen LogP contribution >= 0.6 is 11.3 Å². The second kappa shape index (κ2) is 5.84. The molecule has 0 aliphatic heterocycles. The Kier molecular flexibility index (Phi) is 3.66. The van der Waals surface area contributed by atoms with Gasteiger partial charge in [0.05, 0.1) is 5.56 Å². The number of thiophene rings is 1. The molecule has 1 aromatic heterocycles. The van der Waals surface area contributed by atoms with Crippen molar-refractivity contribution < 1.29 is 9.18 Å². The summed E-state index contributed by atoms with van der Waals surface area (Å²) >= 11 is 1.60. The maximum absolute atomic E-state index is 14.3. The van der Waals surface area contributed by atoms with E-state index in [0.717, 1.165) is 21.6 Å². The molecule has 0 N–H and O–H groups in total. The van der Waals surface area contributed by atoms with E-state index in [9.17, 15) is 9.18 Å². The number of carbonyl (C=O) groups is 1. The molecule has 1 heterocycles. The molecular weight excluding hydrogens is 319 g/mol. The number of hydrogen-bond donors (Lipinski definition) is 0. The van der Waals surface area contributed by atoms with E-state index in [1.165, 1.54) is 6.07 Å². The van der Waals surface area contributed by atoms with Crippen LogP contribution in [0.5, 0.6) is 0 Å². The minimum atomic E-state index is -0.440. The van der Waals surface area contributed by atoms with Crippen molar-refractivity contribution in [1.82, 2.24) is 0 Å². The van der Waals surface area contributed by atoms with Crippen molar-refractivity contribution in [2.24, 2.45) is 0 Å². The number of Topliss-reactive ketones (excluding diaryl/α,β-unsaturated/α-hetero) is 1. The van der Waals surface area contributed by atoms with Crippen LogP contribution in [-0.2, 0) is 0 Å². The Morgan fingerprint density at radius 1 is 1.04 bits per heavy atom. The average Bonchev–Trinajstić information content (AvgIpc) is 3.12. The van der Waals surface area contributed by atoms with Crippen LogP contribution in [0.2, 0.25) is 0 Å². The highest BCUT2D eigenvalue weighted by atomic mass is 32.1. The standard InChI is InChI=1S/C21H15FOS/c1-13-10-11-24-18(13)12-16-19(14-6-3-2-4-7-14)15-8-5-9-17(22)20(15)21(16)23/h2-12,19H,1H3/b16-12-/t19-/m0/s1. The predicted molar refractivity (Wildman–Crippen MR) is 96.0 cm³/mol. The van der Waals surface area contributed by atoms with Crippen LogP contribution in [0.25, 0.3) is 6.08 Å². The Morgan fingerprint density at radius 2 is 1.83 bits per heavy atom. The third-order valence-corrected chi connectivity index (χ3v) is 5.44. The number of benzene rings is 2. The normalized spacial score (nSPS) is 18.2. The Morgan fingerprint density at radius 3 is 2.54 bits per heavy atom. The Labute approximate surface area is 144 Å². The van der Waals surface area contributed by atoms with Gasteiger partial charge in [-0.25, -0.2) is 4.39 Å². The molecule has 0 amide bonds. The molecule has 0 spiro atoms. The van der Waals surface area contributed by atoms with Crippen LogP contribution in [-0.4, -0.2) is 5.78 Å². The van der Waals surface area contributed by atoms with E-state index in [1.54, 1.807) is 17.4 Å². The van der Waals surface area contributed by atoms with Crippen molar-refractivity contribution in [2.45, 2.75) is 12.8 Å². The van der Waals surface area contributed by atoms with E-state index in [0.29, 0.717) is 5.57 Å². The fourth-order valence-corrected chi connectivity index (χ4v) is 4.16. The predicted octanol–water partition coefficient (Wildman–Crippen LogP) is 5.61. The number of rotatable bonds is 2. The summed E-state index contributed by atoms with van der Waals surface area (Å²) in [5, 5.41) is 2.01. The molecule has 3 aromatic rings. The van der Waals surface area contributed by atoms with Crippen molar-refractivity contribution in [3.05, 3.63) is 98.5 Å². The lowest BCUT2D eigenvalue weighted by molar-refractivity contribution is 0.103. The van der Waals surface area contributed by atoms with E-state index < -0.39 is 5.82 Å². The van der Waals surface area contributed by atoms with Crippen molar-refractivity contribution in [1.29, 1.82) is 0 Å². The molecule has 0 radical (unpaired) electrons. The van der Waals surface area contributed by atoms with Crippen LogP contribution in [0.15, 0.2) is 65.6 Å². The van der Waals surface area contributed by atoms with Gasteiger partial charge in [-0.05, 0) is 47.2 Å². The highest BCUT2D eigenvalue weighted by Crippen LogP contribution is 2.44. The number of carbonyl (C=O) groups excluding carboxylic acids is 1. The van der Waals surface area contributed by atoms with E-state index in [2.05, 4.69) is 0 Å². The minimum absolute atomic E-state index is 0.204. The van der Waals surface area contributed by atoms with Crippen LogP contribution < -0.4 is 0 Å². The van der Waals surface area contributed by atoms with Gasteiger partial charge in [0.2, 0.25) is 0 Å². The molecular formula is C21H15FOS. The van der Waals surface area contributed by atoms with Gasteiger partial charge in [-0.1, -0.05) is 42.5 Å². The molecule has 1 atom stereocenters. The lowest BCUT2D eigenvalue weighted by Crippen LogP contribution is -2.02. The third kappa shape index (κ3) is 2.33. The smallest absolute Gasteiger partial charge is 0.193 e. The number of halogens is 1. The molecule has 0 saturated carbocycles. The van der Waals surface area contributed by atoms with Crippen LogP contribution in [0.1, 0.15) is 37.8 Å². The number of hydrogen-bond acceptors (Lipinski definition) is 2. The second-order valence-corrected chi connectivity index (χ2v) is 6.89. The molecule has 0 unspecified atom stereocenters. The first-order chi connectivity index (χ1) is 11.7. The molecule has 3 heteroatoms. The number of allylic oxidation sites excluding steroid dienone is 1. The molecule has 0 bridgehead atoms. The average molecular weight is 334 g/mol. The lowest BCUT2D eigenvalue weighted by Gasteiger charge is -2.13. The summed E-state index contributed by atoms with van der Waals surface area (Å²) < 4.78 is 14.3. The molecule has 0 saturated heterocycles. The van der Waals surface area contributed by atoms with Crippen LogP contribution in [0.4, 0.5) is 4.39 Å². The maximum atomic E-state index is 14.3. The zero-order valence-corrected chi connectivity index (χ0v) is 13.9. The number of ketones is 1. The van der Waals surface area contributed by atoms with E-state index in [-0.39, 0.29) is 17.3 Å². The summed E-state index contributed by atoms with van der Waals surface area (Å²) in [5.41, 5.74) is 3.75. The summed E-state index contributed by atoms with van der Waals surface area (Å²) in [6.45, 7) is 2.02. The molecule has 1 aliphatic carbocycles. The van der Waals surface area contributed by atoms with E-state index >= 15 is 0 Å². The van der Waals surface area contributed by atoms with Crippen molar-refractivity contribution in [3.63, 3.8) is 0 Å². The fraction of sp³-hybridized carbons (Fsp3) is 0.0952. The Hall–Kier alpha value is -2.52. The molecule has 4 rings (SSSR count). The van der Waals surface area contributed by atoms with Gasteiger partial charge in [-0.3, -0.25) is 4.79 Å². The van der Waals surface area contributed by atoms with Gasteiger partial charge < -0.3 is 0 Å². The largest absolute Gasteiger partial charge is 0.289 e. The molecule has 1 nitrogen and oxygen atoms in total. The number of aryl methyl sites for hydroxylation is 1. The molecule has 2 aromatic carbocycles. The van der Waals surface area contributed by atoms with Gasteiger partial charge >= 0.3 is 0 Å². The summed E-state index contributed by atoms with van der Waals surface area (Å²) in [5.74, 6) is -0.861. The van der Waals surface area contributed by atoms with Crippen molar-refractivity contribution in [3.8, 4) is 0 Å². The zero-order chi connectivity index (χ0) is 16.7. The third-order valence-electron chi connectivity index (χ3n) is 4.48. The minimum Gasteiger partial charge on any atom is -0.289 e. The molecule has 1 aliphatic rings. The van der Waals surface area contributed by atoms with Gasteiger partial charge in [0.1, 0.15) is 5.82 Å². The topological polar surface area (TPSA) is 17.1 Å². The molecule has 118 valence electrons.